The largest absolute Gasteiger partial charge is 0.491 e. The van der Waals surface area contributed by atoms with Crippen LogP contribution in [0.2, 0.25) is 0 Å². The third-order valence-corrected chi connectivity index (χ3v) is 6.26. The summed E-state index contributed by atoms with van der Waals surface area (Å²) in [7, 11) is 1.45. The highest BCUT2D eigenvalue weighted by Gasteiger charge is 2.53. The van der Waals surface area contributed by atoms with E-state index in [0.717, 1.165) is 5.69 Å². The topological polar surface area (TPSA) is 155 Å². The second-order valence-corrected chi connectivity index (χ2v) is 9.41. The van der Waals surface area contributed by atoms with E-state index in [0.29, 0.717) is 22.4 Å². The van der Waals surface area contributed by atoms with Crippen LogP contribution in [0.4, 0.5) is 0 Å². The van der Waals surface area contributed by atoms with E-state index in [1.807, 2.05) is 6.92 Å². The van der Waals surface area contributed by atoms with Crippen molar-refractivity contribution in [1.29, 1.82) is 0 Å². The maximum atomic E-state index is 12.8. The Morgan fingerprint density at radius 3 is 2.59 bits per heavy atom. The van der Waals surface area contributed by atoms with Gasteiger partial charge in [0.2, 0.25) is 6.29 Å². The SMILES string of the molecule is CO[C@@H]1[C@@H](OC(=O)c2ccc(C)[nH]2)[C@@H](O)[C@H](Oc2ccc3c(OCCN)cc(=O)oc3c2C)OC1(C)C. The highest BCUT2D eigenvalue weighted by Crippen LogP contribution is 2.37. The maximum absolute atomic E-state index is 12.8. The van der Waals surface area contributed by atoms with E-state index in [-0.39, 0.29) is 24.4 Å². The number of aromatic amines is 1. The number of aliphatic hydroxyl groups excluding tert-OH is 1. The van der Waals surface area contributed by atoms with Crippen LogP contribution in [0.5, 0.6) is 11.5 Å². The Morgan fingerprint density at radius 2 is 1.95 bits per heavy atom. The average Bonchev–Trinajstić information content (AvgIpc) is 3.28. The van der Waals surface area contributed by atoms with Crippen LogP contribution in [0.15, 0.2) is 39.5 Å². The number of rotatable bonds is 8. The summed E-state index contributed by atoms with van der Waals surface area (Å²) in [4.78, 5) is 27.8. The molecule has 3 aromatic rings. The summed E-state index contributed by atoms with van der Waals surface area (Å²) in [5, 5.41) is 11.8. The molecule has 4 N–H and O–H groups in total. The van der Waals surface area contributed by atoms with Crippen LogP contribution >= 0.6 is 0 Å². The Morgan fingerprint density at radius 1 is 1.19 bits per heavy atom. The quantitative estimate of drug-likeness (QED) is 0.300. The van der Waals surface area contributed by atoms with Gasteiger partial charge in [0.05, 0.1) is 17.1 Å². The Kier molecular flexibility index (Phi) is 7.60. The molecule has 0 spiro atoms. The van der Waals surface area contributed by atoms with Gasteiger partial charge >= 0.3 is 11.6 Å². The van der Waals surface area contributed by atoms with Crippen molar-refractivity contribution in [3.8, 4) is 11.5 Å². The third-order valence-electron chi connectivity index (χ3n) is 6.26. The predicted molar refractivity (Wildman–Crippen MR) is 133 cm³/mol. The van der Waals surface area contributed by atoms with E-state index in [1.54, 1.807) is 45.0 Å². The summed E-state index contributed by atoms with van der Waals surface area (Å²) in [6.07, 6.45) is -4.53. The van der Waals surface area contributed by atoms with Gasteiger partial charge in [-0.2, -0.15) is 0 Å². The van der Waals surface area contributed by atoms with E-state index in [1.165, 1.54) is 13.2 Å². The van der Waals surface area contributed by atoms with Gasteiger partial charge in [0.15, 0.2) is 12.2 Å². The van der Waals surface area contributed by atoms with Gasteiger partial charge in [-0.1, -0.05) is 0 Å². The molecule has 2 aromatic heterocycles. The lowest BCUT2D eigenvalue weighted by Gasteiger charge is -2.47. The first-order chi connectivity index (χ1) is 17.6. The summed E-state index contributed by atoms with van der Waals surface area (Å²) < 4.78 is 34.4. The second kappa shape index (κ2) is 10.5. The molecule has 37 heavy (non-hydrogen) atoms. The van der Waals surface area contributed by atoms with Gasteiger partial charge in [-0.05, 0) is 52.0 Å². The molecule has 0 unspecified atom stereocenters. The van der Waals surface area contributed by atoms with E-state index in [2.05, 4.69) is 4.98 Å². The molecule has 11 heteroatoms. The summed E-state index contributed by atoms with van der Waals surface area (Å²) >= 11 is 0. The van der Waals surface area contributed by atoms with Gasteiger partial charge in [-0.3, -0.25) is 0 Å². The van der Waals surface area contributed by atoms with Crippen molar-refractivity contribution in [2.45, 2.75) is 57.9 Å². The minimum absolute atomic E-state index is 0.232. The number of fused-ring (bicyclic) bond motifs is 1. The molecule has 1 aromatic carbocycles. The second-order valence-electron chi connectivity index (χ2n) is 9.41. The molecule has 4 atom stereocenters. The van der Waals surface area contributed by atoms with Crippen molar-refractivity contribution < 1.29 is 38.0 Å². The van der Waals surface area contributed by atoms with Gasteiger partial charge < -0.3 is 43.9 Å². The molecular formula is C26H32N2O9. The van der Waals surface area contributed by atoms with Gasteiger partial charge in [0.25, 0.3) is 0 Å². The Labute approximate surface area is 213 Å². The third kappa shape index (κ3) is 5.35. The van der Waals surface area contributed by atoms with Crippen LogP contribution in [0, 0.1) is 13.8 Å². The smallest absolute Gasteiger partial charge is 0.355 e. The van der Waals surface area contributed by atoms with Crippen molar-refractivity contribution >= 4 is 16.9 Å². The summed E-state index contributed by atoms with van der Waals surface area (Å²) in [6, 6.07) is 7.93. The molecular weight excluding hydrogens is 484 g/mol. The number of nitrogens with one attached hydrogen (secondary N) is 1. The molecule has 0 radical (unpaired) electrons. The number of aliphatic hydroxyl groups is 1. The number of ether oxygens (including phenoxy) is 5. The highest BCUT2D eigenvalue weighted by atomic mass is 16.7. The van der Waals surface area contributed by atoms with E-state index >= 15 is 0 Å². The van der Waals surface area contributed by atoms with Crippen LogP contribution in [-0.4, -0.2) is 66.5 Å². The number of hydrogen-bond donors (Lipinski definition) is 3. The molecule has 0 bridgehead atoms. The average molecular weight is 517 g/mol. The maximum Gasteiger partial charge on any atom is 0.355 e. The number of nitrogens with two attached hydrogens (primary N) is 1. The lowest BCUT2D eigenvalue weighted by molar-refractivity contribution is -0.305. The number of carbonyl (C=O) groups excluding carboxylic acids is 1. The lowest BCUT2D eigenvalue weighted by atomic mass is 9.89. The van der Waals surface area contributed by atoms with Crippen molar-refractivity contribution in [3.63, 3.8) is 0 Å². The van der Waals surface area contributed by atoms with Crippen molar-refractivity contribution in [2.75, 3.05) is 20.3 Å². The predicted octanol–water partition coefficient (Wildman–Crippen LogP) is 2.19. The lowest BCUT2D eigenvalue weighted by Crippen LogP contribution is -2.65. The normalized spacial score (nSPS) is 23.1. The van der Waals surface area contributed by atoms with E-state index < -0.39 is 41.8 Å². The van der Waals surface area contributed by atoms with Gasteiger partial charge in [0, 0.05) is 24.9 Å². The highest BCUT2D eigenvalue weighted by molar-refractivity contribution is 5.88. The Bertz CT molecular complexity index is 1330. The van der Waals surface area contributed by atoms with Crippen LogP contribution < -0.4 is 20.8 Å². The monoisotopic (exact) mass is 516 g/mol. The van der Waals surface area contributed by atoms with Gasteiger partial charge in [-0.15, -0.1) is 0 Å². The van der Waals surface area contributed by atoms with Crippen molar-refractivity contribution in [2.24, 2.45) is 5.73 Å². The van der Waals surface area contributed by atoms with Crippen molar-refractivity contribution in [3.05, 3.63) is 57.7 Å². The summed E-state index contributed by atoms with van der Waals surface area (Å²) in [6.45, 7) is 7.53. The Hall–Kier alpha value is -3.38. The number of aromatic nitrogens is 1. The zero-order valence-electron chi connectivity index (χ0n) is 21.4. The van der Waals surface area contributed by atoms with E-state index in [9.17, 15) is 14.7 Å². The van der Waals surface area contributed by atoms with E-state index in [4.69, 9.17) is 33.8 Å². The summed E-state index contributed by atoms with van der Waals surface area (Å²) in [5.74, 6) is -0.00682. The molecule has 1 saturated heterocycles. The first-order valence-corrected chi connectivity index (χ1v) is 11.9. The van der Waals surface area contributed by atoms with Crippen LogP contribution in [-0.2, 0) is 14.2 Å². The zero-order chi connectivity index (χ0) is 26.9. The molecule has 0 amide bonds. The number of esters is 1. The first kappa shape index (κ1) is 26.7. The number of hydrogen-bond acceptors (Lipinski definition) is 10. The number of methoxy groups -OCH3 is 1. The molecule has 11 nitrogen and oxygen atoms in total. The summed E-state index contributed by atoms with van der Waals surface area (Å²) in [5.41, 5.74) is 5.72. The van der Waals surface area contributed by atoms with Crippen LogP contribution in [0.25, 0.3) is 11.0 Å². The number of aryl methyl sites for hydroxylation is 2. The number of benzene rings is 1. The molecule has 0 aliphatic carbocycles. The van der Waals surface area contributed by atoms with Crippen molar-refractivity contribution in [1.82, 2.24) is 4.98 Å². The molecule has 0 saturated carbocycles. The zero-order valence-corrected chi connectivity index (χ0v) is 21.4. The molecule has 1 aliphatic rings. The molecule has 1 aliphatic heterocycles. The fraction of sp³-hybridized carbons (Fsp3) is 0.462. The minimum Gasteiger partial charge on any atom is -0.491 e. The standard InChI is InChI=1S/C26H32N2O9/c1-13-6-8-16(28-13)24(31)36-22-20(30)25(37-26(3,4)23(22)32-5)34-17-9-7-15-18(33-11-10-27)12-19(29)35-21(15)14(17)2/h6-9,12,20,22-23,25,28,30H,10-11,27H2,1-5H3/t20-,22+,23-,25-/m1/s1. The van der Waals surface area contributed by atoms with Gasteiger partial charge in [-0.25, -0.2) is 9.59 Å². The fourth-order valence-electron chi connectivity index (χ4n) is 4.47. The number of H-pyrrole nitrogens is 1. The minimum atomic E-state index is -1.40. The molecule has 3 heterocycles. The Balaban J connectivity index is 1.64. The van der Waals surface area contributed by atoms with Crippen LogP contribution in [0.1, 0.15) is 35.6 Å². The molecule has 1 fully saturated rings. The first-order valence-electron chi connectivity index (χ1n) is 11.9. The molecule has 200 valence electrons. The fourth-order valence-corrected chi connectivity index (χ4v) is 4.47. The van der Waals surface area contributed by atoms with Crippen LogP contribution in [0.3, 0.4) is 0 Å². The van der Waals surface area contributed by atoms with Gasteiger partial charge in [0.1, 0.15) is 35.5 Å². The number of carbonyl (C=O) groups is 1. The molecule has 4 rings (SSSR count).